The number of aliphatic hydroxyl groups excluding tert-OH is 1. The van der Waals surface area contributed by atoms with Crippen LogP contribution in [0.15, 0.2) is 24.4 Å². The van der Waals surface area contributed by atoms with Crippen molar-refractivity contribution >= 4 is 23.2 Å². The van der Waals surface area contributed by atoms with E-state index in [9.17, 15) is 14.3 Å². The number of hydrogen-bond donors (Lipinski definition) is 5. The third-order valence-electron chi connectivity index (χ3n) is 4.62. The van der Waals surface area contributed by atoms with Gasteiger partial charge in [-0.2, -0.15) is 0 Å². The smallest absolute Gasteiger partial charge is 0.252 e. The lowest BCUT2D eigenvalue weighted by Crippen LogP contribution is -2.43. The summed E-state index contributed by atoms with van der Waals surface area (Å²) < 4.78 is 14.5. The van der Waals surface area contributed by atoms with Crippen molar-refractivity contribution in [2.24, 2.45) is 11.5 Å². The van der Waals surface area contributed by atoms with E-state index in [1.807, 2.05) is 0 Å². The highest BCUT2D eigenvalue weighted by atomic mass is 19.1. The minimum atomic E-state index is -0.804. The molecule has 0 aromatic carbocycles. The zero-order valence-electron chi connectivity index (χ0n) is 14.8. The quantitative estimate of drug-likeness (QED) is 0.518. The van der Waals surface area contributed by atoms with E-state index < -0.39 is 11.7 Å². The van der Waals surface area contributed by atoms with E-state index in [2.05, 4.69) is 20.6 Å². The summed E-state index contributed by atoms with van der Waals surface area (Å²) in [5.41, 5.74) is 12.4. The van der Waals surface area contributed by atoms with Crippen molar-refractivity contribution in [1.29, 1.82) is 0 Å². The van der Waals surface area contributed by atoms with Crippen LogP contribution in [0.2, 0.25) is 0 Å². The van der Waals surface area contributed by atoms with Crippen LogP contribution < -0.4 is 22.1 Å². The molecule has 1 aliphatic rings. The minimum Gasteiger partial charge on any atom is -0.390 e. The Morgan fingerprint density at radius 3 is 2.78 bits per heavy atom. The van der Waals surface area contributed by atoms with Gasteiger partial charge in [0.2, 0.25) is 0 Å². The SMILES string of the molecule is NC(=O)c1cc(F)c(N[C@@H]2CCCC[C@@H]2N)nc1Nc1ccnc(CO)c1. The Bertz CT molecular complexity index is 831. The largest absolute Gasteiger partial charge is 0.390 e. The lowest BCUT2D eigenvalue weighted by atomic mass is 9.91. The lowest BCUT2D eigenvalue weighted by molar-refractivity contribution is 0.100. The Morgan fingerprint density at radius 2 is 2.07 bits per heavy atom. The second-order valence-electron chi connectivity index (χ2n) is 6.60. The molecule has 27 heavy (non-hydrogen) atoms. The molecule has 2 heterocycles. The Morgan fingerprint density at radius 1 is 1.30 bits per heavy atom. The molecule has 2 aromatic rings. The Labute approximate surface area is 156 Å². The van der Waals surface area contributed by atoms with Gasteiger partial charge in [-0.3, -0.25) is 9.78 Å². The number of primary amides is 1. The van der Waals surface area contributed by atoms with Crippen molar-refractivity contribution in [2.75, 3.05) is 10.6 Å². The fourth-order valence-corrected chi connectivity index (χ4v) is 3.17. The average molecular weight is 374 g/mol. The number of rotatable bonds is 6. The van der Waals surface area contributed by atoms with Gasteiger partial charge in [0.15, 0.2) is 11.6 Å². The molecule has 0 spiro atoms. The number of carbonyl (C=O) groups is 1. The van der Waals surface area contributed by atoms with Gasteiger partial charge in [0, 0.05) is 24.0 Å². The van der Waals surface area contributed by atoms with Crippen molar-refractivity contribution < 1.29 is 14.3 Å². The van der Waals surface area contributed by atoms with E-state index in [0.717, 1.165) is 31.7 Å². The number of nitrogens with two attached hydrogens (primary N) is 2. The summed E-state index contributed by atoms with van der Waals surface area (Å²) in [5, 5.41) is 15.2. The van der Waals surface area contributed by atoms with Gasteiger partial charge in [0.1, 0.15) is 5.82 Å². The first-order chi connectivity index (χ1) is 13.0. The van der Waals surface area contributed by atoms with Crippen molar-refractivity contribution in [3.8, 4) is 0 Å². The van der Waals surface area contributed by atoms with Crippen molar-refractivity contribution in [3.05, 3.63) is 41.5 Å². The first-order valence-electron chi connectivity index (χ1n) is 8.83. The zero-order chi connectivity index (χ0) is 19.4. The standard InChI is InChI=1S/C18H23FN6O2/c19-13-8-12(16(21)27)17(23-10-5-6-22-11(7-10)9-26)25-18(13)24-15-4-2-1-3-14(15)20/h5-8,14-15,26H,1-4,9,20H2,(H2,21,27)(H2,22,23,24,25)/t14-,15+/m0/s1. The van der Waals surface area contributed by atoms with Gasteiger partial charge in [-0.1, -0.05) is 12.8 Å². The molecule has 3 rings (SSSR count). The van der Waals surface area contributed by atoms with Crippen LogP contribution in [0.3, 0.4) is 0 Å². The Balaban J connectivity index is 1.91. The maximum absolute atomic E-state index is 14.5. The zero-order valence-corrected chi connectivity index (χ0v) is 14.8. The lowest BCUT2D eigenvalue weighted by Gasteiger charge is -2.30. The van der Waals surface area contributed by atoms with Gasteiger partial charge in [-0.05, 0) is 31.0 Å². The molecule has 0 bridgehead atoms. The summed E-state index contributed by atoms with van der Waals surface area (Å²) >= 11 is 0. The second-order valence-corrected chi connectivity index (χ2v) is 6.60. The van der Waals surface area contributed by atoms with Gasteiger partial charge in [0.25, 0.3) is 5.91 Å². The summed E-state index contributed by atoms with van der Waals surface area (Å²) in [7, 11) is 0. The molecule has 1 aliphatic carbocycles. The summed E-state index contributed by atoms with van der Waals surface area (Å²) in [6.45, 7) is -0.235. The number of halogens is 1. The van der Waals surface area contributed by atoms with Crippen LogP contribution in [0, 0.1) is 5.82 Å². The molecular weight excluding hydrogens is 351 g/mol. The minimum absolute atomic E-state index is 0.0151. The third-order valence-corrected chi connectivity index (χ3v) is 4.62. The maximum Gasteiger partial charge on any atom is 0.252 e. The summed E-state index contributed by atoms with van der Waals surface area (Å²) in [6, 6.07) is 4.12. The molecule has 0 unspecified atom stereocenters. The number of nitrogens with one attached hydrogen (secondary N) is 2. The van der Waals surface area contributed by atoms with Crippen LogP contribution in [0.4, 0.5) is 21.7 Å². The van der Waals surface area contributed by atoms with Gasteiger partial charge >= 0.3 is 0 Å². The average Bonchev–Trinajstić information content (AvgIpc) is 2.66. The van der Waals surface area contributed by atoms with Crippen LogP contribution in [0.25, 0.3) is 0 Å². The van der Waals surface area contributed by atoms with E-state index in [4.69, 9.17) is 11.5 Å². The predicted octanol–water partition coefficient (Wildman–Crippen LogP) is 1.63. The third kappa shape index (κ3) is 4.50. The first-order valence-corrected chi connectivity index (χ1v) is 8.83. The van der Waals surface area contributed by atoms with E-state index in [0.29, 0.717) is 11.4 Å². The maximum atomic E-state index is 14.5. The van der Waals surface area contributed by atoms with Crippen LogP contribution in [0.1, 0.15) is 41.7 Å². The monoisotopic (exact) mass is 374 g/mol. The van der Waals surface area contributed by atoms with E-state index >= 15 is 0 Å². The van der Waals surface area contributed by atoms with E-state index in [1.165, 1.54) is 6.20 Å². The number of aromatic nitrogens is 2. The molecule has 1 saturated carbocycles. The van der Waals surface area contributed by atoms with E-state index in [1.54, 1.807) is 12.1 Å². The molecule has 1 fully saturated rings. The number of nitrogens with zero attached hydrogens (tertiary/aromatic N) is 2. The molecule has 1 amide bonds. The van der Waals surface area contributed by atoms with Gasteiger partial charge in [-0.15, -0.1) is 0 Å². The van der Waals surface area contributed by atoms with Crippen LogP contribution in [-0.2, 0) is 6.61 Å². The highest BCUT2D eigenvalue weighted by Crippen LogP contribution is 2.26. The summed E-state index contributed by atoms with van der Waals surface area (Å²) in [6.07, 6.45) is 5.26. The van der Waals surface area contributed by atoms with Gasteiger partial charge < -0.3 is 27.2 Å². The molecule has 2 atom stereocenters. The molecule has 8 nitrogen and oxygen atoms in total. The van der Waals surface area contributed by atoms with Crippen molar-refractivity contribution in [1.82, 2.24) is 9.97 Å². The highest BCUT2D eigenvalue weighted by Gasteiger charge is 2.24. The number of pyridine rings is 2. The first kappa shape index (κ1) is 19.0. The Hall–Kier alpha value is -2.78. The fraction of sp³-hybridized carbons (Fsp3) is 0.389. The molecule has 9 heteroatoms. The number of aliphatic hydroxyl groups is 1. The number of amides is 1. The van der Waals surface area contributed by atoms with Gasteiger partial charge in [-0.25, -0.2) is 9.37 Å². The highest BCUT2D eigenvalue weighted by molar-refractivity contribution is 5.98. The summed E-state index contributed by atoms with van der Waals surface area (Å²) in [4.78, 5) is 19.9. The summed E-state index contributed by atoms with van der Waals surface area (Å²) in [5.74, 6) is -1.34. The predicted molar refractivity (Wildman–Crippen MR) is 100 cm³/mol. The fourth-order valence-electron chi connectivity index (χ4n) is 3.17. The normalized spacial score (nSPS) is 19.5. The van der Waals surface area contributed by atoms with Crippen molar-refractivity contribution in [2.45, 2.75) is 44.4 Å². The number of hydrogen-bond acceptors (Lipinski definition) is 7. The number of carbonyl (C=O) groups excluding carboxylic acids is 1. The Kier molecular flexibility index (Phi) is 5.82. The van der Waals surface area contributed by atoms with Crippen LogP contribution in [-0.4, -0.2) is 33.1 Å². The molecule has 0 radical (unpaired) electrons. The number of anilines is 3. The molecule has 0 saturated heterocycles. The van der Waals surface area contributed by atoms with Crippen LogP contribution in [0.5, 0.6) is 0 Å². The molecule has 7 N–H and O–H groups in total. The molecule has 144 valence electrons. The molecule has 0 aliphatic heterocycles. The second kappa shape index (κ2) is 8.28. The van der Waals surface area contributed by atoms with Crippen LogP contribution >= 0.6 is 0 Å². The van der Waals surface area contributed by atoms with Crippen molar-refractivity contribution in [3.63, 3.8) is 0 Å². The van der Waals surface area contributed by atoms with Gasteiger partial charge in [0.05, 0.1) is 17.9 Å². The van der Waals surface area contributed by atoms with E-state index in [-0.39, 0.29) is 35.9 Å². The topological polar surface area (TPSA) is 139 Å². The molecule has 2 aromatic heterocycles. The molecular formula is C18H23FN6O2.